The fraction of sp³-hybridized carbons (Fsp3) is 0.833. The molecule has 0 aromatic carbocycles. The third-order valence-corrected chi connectivity index (χ3v) is 1.34. The molecule has 0 aliphatic carbocycles. The predicted molar refractivity (Wildman–Crippen MR) is 32.3 cm³/mol. The molecule has 0 spiro atoms. The average molecular weight is 146 g/mol. The summed E-state index contributed by atoms with van der Waals surface area (Å²) in [7, 11) is 1.35. The fourth-order valence-electron chi connectivity index (χ4n) is 0.780. The summed E-state index contributed by atoms with van der Waals surface area (Å²) in [5, 5.41) is 0. The van der Waals surface area contributed by atoms with E-state index in [-0.39, 0.29) is 12.8 Å². The van der Waals surface area contributed by atoms with Crippen molar-refractivity contribution in [3.63, 3.8) is 0 Å². The maximum absolute atomic E-state index is 10.8. The molecule has 0 bridgehead atoms. The molecule has 1 saturated heterocycles. The van der Waals surface area contributed by atoms with Gasteiger partial charge in [-0.2, -0.15) is 0 Å². The second-order valence-electron chi connectivity index (χ2n) is 1.99. The first-order valence-electron chi connectivity index (χ1n) is 3.12. The third-order valence-electron chi connectivity index (χ3n) is 1.34. The molecule has 1 fully saturated rings. The highest BCUT2D eigenvalue weighted by Crippen LogP contribution is 2.06. The molecule has 4 heteroatoms. The third kappa shape index (κ3) is 1.68. The van der Waals surface area contributed by atoms with Gasteiger partial charge in [0, 0.05) is 6.42 Å². The second-order valence-corrected chi connectivity index (χ2v) is 1.99. The number of carbonyl (C=O) groups is 1. The summed E-state index contributed by atoms with van der Waals surface area (Å²) in [6.07, 6.45) is 0.172. The van der Waals surface area contributed by atoms with Crippen LogP contribution in [0.1, 0.15) is 6.42 Å². The number of methoxy groups -OCH3 is 1. The van der Waals surface area contributed by atoms with E-state index < -0.39 is 6.10 Å². The standard InChI is InChI=1S/C6H10O4/c1-8-6(7)5-2-3-9-4-10-5/h5H,2-4H2,1H3. The van der Waals surface area contributed by atoms with Gasteiger partial charge in [0.15, 0.2) is 6.10 Å². The van der Waals surface area contributed by atoms with Crippen molar-refractivity contribution >= 4 is 5.97 Å². The Bertz CT molecular complexity index is 117. The minimum absolute atomic E-state index is 0.194. The van der Waals surface area contributed by atoms with Gasteiger partial charge < -0.3 is 14.2 Å². The Labute approximate surface area is 59.1 Å². The molecular weight excluding hydrogens is 136 g/mol. The topological polar surface area (TPSA) is 44.8 Å². The lowest BCUT2D eigenvalue weighted by atomic mass is 10.2. The lowest BCUT2D eigenvalue weighted by Crippen LogP contribution is -2.32. The van der Waals surface area contributed by atoms with Crippen LogP contribution in [0.5, 0.6) is 0 Å². The molecule has 1 rings (SSSR count). The highest BCUT2D eigenvalue weighted by atomic mass is 16.7. The molecule has 0 amide bonds. The van der Waals surface area contributed by atoms with Crippen molar-refractivity contribution in [3.8, 4) is 0 Å². The van der Waals surface area contributed by atoms with Gasteiger partial charge in [0.25, 0.3) is 0 Å². The average Bonchev–Trinajstić information content (AvgIpc) is 2.05. The summed E-state index contributed by atoms with van der Waals surface area (Å²) in [4.78, 5) is 10.8. The van der Waals surface area contributed by atoms with Gasteiger partial charge in [0.2, 0.25) is 0 Å². The summed E-state index contributed by atoms with van der Waals surface area (Å²) in [6.45, 7) is 0.763. The predicted octanol–water partition coefficient (Wildman–Crippen LogP) is -0.0776. The lowest BCUT2D eigenvalue weighted by molar-refractivity contribution is -0.180. The minimum atomic E-state index is -0.418. The van der Waals surface area contributed by atoms with Gasteiger partial charge in [-0.1, -0.05) is 0 Å². The molecule has 1 unspecified atom stereocenters. The van der Waals surface area contributed by atoms with Gasteiger partial charge in [-0.25, -0.2) is 4.79 Å². The van der Waals surface area contributed by atoms with E-state index in [0.717, 1.165) is 0 Å². The van der Waals surface area contributed by atoms with E-state index in [0.29, 0.717) is 13.0 Å². The van der Waals surface area contributed by atoms with Crippen molar-refractivity contribution in [1.29, 1.82) is 0 Å². The van der Waals surface area contributed by atoms with Crippen LogP contribution in [0, 0.1) is 0 Å². The molecule has 1 aliphatic rings. The van der Waals surface area contributed by atoms with Crippen LogP contribution < -0.4 is 0 Å². The Morgan fingerprint density at radius 2 is 2.50 bits per heavy atom. The largest absolute Gasteiger partial charge is 0.467 e. The van der Waals surface area contributed by atoms with E-state index in [1.165, 1.54) is 7.11 Å². The smallest absolute Gasteiger partial charge is 0.335 e. The van der Waals surface area contributed by atoms with Crippen molar-refractivity contribution in [2.24, 2.45) is 0 Å². The molecule has 10 heavy (non-hydrogen) atoms. The summed E-state index contributed by atoms with van der Waals surface area (Å²) < 4.78 is 14.3. The number of hydrogen-bond acceptors (Lipinski definition) is 4. The van der Waals surface area contributed by atoms with Crippen LogP contribution in [0.25, 0.3) is 0 Å². The van der Waals surface area contributed by atoms with Crippen LogP contribution in [-0.2, 0) is 19.0 Å². The zero-order chi connectivity index (χ0) is 7.40. The van der Waals surface area contributed by atoms with E-state index in [1.807, 2.05) is 0 Å². The Hall–Kier alpha value is -0.610. The van der Waals surface area contributed by atoms with Crippen LogP contribution >= 0.6 is 0 Å². The number of ether oxygens (including phenoxy) is 3. The minimum Gasteiger partial charge on any atom is -0.467 e. The SMILES string of the molecule is COC(=O)C1CCOCO1. The maximum atomic E-state index is 10.8. The molecule has 1 aliphatic heterocycles. The van der Waals surface area contributed by atoms with E-state index in [1.54, 1.807) is 0 Å². The number of hydrogen-bond donors (Lipinski definition) is 0. The second kappa shape index (κ2) is 3.53. The van der Waals surface area contributed by atoms with E-state index in [4.69, 9.17) is 9.47 Å². The van der Waals surface area contributed by atoms with Gasteiger partial charge in [-0.3, -0.25) is 0 Å². The summed E-state index contributed by atoms with van der Waals surface area (Å²) in [5.74, 6) is -0.316. The highest BCUT2D eigenvalue weighted by Gasteiger charge is 2.22. The van der Waals surface area contributed by atoms with Gasteiger partial charge in [-0.15, -0.1) is 0 Å². The van der Waals surface area contributed by atoms with Crippen molar-refractivity contribution in [2.45, 2.75) is 12.5 Å². The first kappa shape index (κ1) is 7.50. The maximum Gasteiger partial charge on any atom is 0.335 e. The van der Waals surface area contributed by atoms with E-state index in [9.17, 15) is 4.79 Å². The highest BCUT2D eigenvalue weighted by molar-refractivity contribution is 5.74. The molecular formula is C6H10O4. The molecule has 58 valence electrons. The zero-order valence-corrected chi connectivity index (χ0v) is 5.83. The van der Waals surface area contributed by atoms with Gasteiger partial charge in [-0.05, 0) is 0 Å². The Morgan fingerprint density at radius 3 is 3.00 bits per heavy atom. The normalized spacial score (nSPS) is 25.9. The van der Waals surface area contributed by atoms with Crippen molar-refractivity contribution in [3.05, 3.63) is 0 Å². The zero-order valence-electron chi connectivity index (χ0n) is 5.83. The van der Waals surface area contributed by atoms with Crippen LogP contribution in [-0.4, -0.2) is 32.6 Å². The molecule has 0 N–H and O–H groups in total. The first-order chi connectivity index (χ1) is 4.84. The summed E-state index contributed by atoms with van der Waals surface area (Å²) in [6, 6.07) is 0. The van der Waals surface area contributed by atoms with E-state index in [2.05, 4.69) is 4.74 Å². The van der Waals surface area contributed by atoms with Gasteiger partial charge in [0.05, 0.1) is 13.7 Å². The first-order valence-corrected chi connectivity index (χ1v) is 3.12. The van der Waals surface area contributed by atoms with Crippen LogP contribution in [0.15, 0.2) is 0 Å². The number of esters is 1. The van der Waals surface area contributed by atoms with E-state index >= 15 is 0 Å². The molecule has 0 aromatic heterocycles. The molecule has 1 heterocycles. The van der Waals surface area contributed by atoms with Gasteiger partial charge >= 0.3 is 5.97 Å². The van der Waals surface area contributed by atoms with Crippen molar-refractivity contribution in [2.75, 3.05) is 20.5 Å². The summed E-state index contributed by atoms with van der Waals surface area (Å²) in [5.41, 5.74) is 0. The lowest BCUT2D eigenvalue weighted by Gasteiger charge is -2.19. The summed E-state index contributed by atoms with van der Waals surface area (Å²) >= 11 is 0. The fourth-order valence-corrected chi connectivity index (χ4v) is 0.780. The molecule has 4 nitrogen and oxygen atoms in total. The Morgan fingerprint density at radius 1 is 1.70 bits per heavy atom. The van der Waals surface area contributed by atoms with Crippen molar-refractivity contribution < 1.29 is 19.0 Å². The molecule has 0 radical (unpaired) electrons. The number of rotatable bonds is 1. The Balaban J connectivity index is 2.31. The van der Waals surface area contributed by atoms with Crippen molar-refractivity contribution in [1.82, 2.24) is 0 Å². The number of carbonyl (C=O) groups excluding carboxylic acids is 1. The van der Waals surface area contributed by atoms with Crippen LogP contribution in [0.4, 0.5) is 0 Å². The van der Waals surface area contributed by atoms with Gasteiger partial charge in [0.1, 0.15) is 6.79 Å². The molecule has 1 atom stereocenters. The monoisotopic (exact) mass is 146 g/mol. The Kier molecular flexibility index (Phi) is 2.65. The molecule has 0 aromatic rings. The van der Waals surface area contributed by atoms with Crippen LogP contribution in [0.3, 0.4) is 0 Å². The quantitative estimate of drug-likeness (QED) is 0.485. The van der Waals surface area contributed by atoms with Crippen LogP contribution in [0.2, 0.25) is 0 Å². The molecule has 0 saturated carbocycles.